The van der Waals surface area contributed by atoms with Crippen LogP contribution in [-0.2, 0) is 4.79 Å². The number of benzene rings is 1. The molecule has 0 aromatic heterocycles. The second kappa shape index (κ2) is 7.75. The summed E-state index contributed by atoms with van der Waals surface area (Å²) < 4.78 is 31.0. The van der Waals surface area contributed by atoms with Crippen LogP contribution >= 0.6 is 0 Å². The maximum Gasteiger partial charge on any atom is 0.309 e. The Hall–Kier alpha value is -1.65. The highest BCUT2D eigenvalue weighted by Gasteiger charge is 2.44. The Bertz CT molecular complexity index is 506. The summed E-state index contributed by atoms with van der Waals surface area (Å²) in [6.07, 6.45) is -0.276. The number of carboxylic acids is 1. The Morgan fingerprint density at radius 3 is 2.39 bits per heavy atom. The number of alkyl halides is 2. The zero-order valence-corrected chi connectivity index (χ0v) is 13.4. The van der Waals surface area contributed by atoms with Gasteiger partial charge in [-0.1, -0.05) is 19.1 Å². The van der Waals surface area contributed by atoms with E-state index in [9.17, 15) is 18.7 Å². The van der Waals surface area contributed by atoms with Gasteiger partial charge in [0, 0.05) is 6.42 Å². The number of rotatable bonds is 7. The maximum absolute atomic E-state index is 12.7. The number of hydrogen-bond donors (Lipinski definition) is 1. The van der Waals surface area contributed by atoms with E-state index in [0.717, 1.165) is 17.7 Å². The molecule has 3 nitrogen and oxygen atoms in total. The minimum atomic E-state index is -2.57. The molecule has 1 aliphatic carbocycles. The average Bonchev–Trinajstić information content (AvgIpc) is 2.53. The standard InChI is InChI=1S/C18H24F2O3/c1-2-11-23-15-5-3-13(4-6-15)14-7-9-18(10-8-14,17(21)22)12-16(19)20/h3-6,14,16H,2,7-12H2,1H3,(H,21,22). The second-order valence-electron chi connectivity index (χ2n) is 6.37. The summed E-state index contributed by atoms with van der Waals surface area (Å²) in [5, 5.41) is 9.36. The molecule has 5 heteroatoms. The van der Waals surface area contributed by atoms with Crippen molar-refractivity contribution in [2.24, 2.45) is 5.41 Å². The highest BCUT2D eigenvalue weighted by atomic mass is 19.3. The Labute approximate surface area is 135 Å². The van der Waals surface area contributed by atoms with Crippen molar-refractivity contribution >= 4 is 5.97 Å². The molecule has 1 fully saturated rings. The maximum atomic E-state index is 12.7. The molecule has 1 saturated carbocycles. The minimum Gasteiger partial charge on any atom is -0.494 e. The largest absolute Gasteiger partial charge is 0.494 e. The van der Waals surface area contributed by atoms with Crippen LogP contribution in [0.2, 0.25) is 0 Å². The van der Waals surface area contributed by atoms with Crippen LogP contribution in [0, 0.1) is 5.41 Å². The highest BCUT2D eigenvalue weighted by Crippen LogP contribution is 2.46. The van der Waals surface area contributed by atoms with Crippen molar-refractivity contribution in [3.05, 3.63) is 29.8 Å². The van der Waals surface area contributed by atoms with Crippen molar-refractivity contribution in [1.82, 2.24) is 0 Å². The third-order valence-electron chi connectivity index (χ3n) is 4.77. The van der Waals surface area contributed by atoms with E-state index in [-0.39, 0.29) is 5.92 Å². The minimum absolute atomic E-state index is 0.236. The first-order valence-electron chi connectivity index (χ1n) is 8.21. The topological polar surface area (TPSA) is 46.5 Å². The number of aliphatic carboxylic acids is 1. The molecular formula is C18H24F2O3. The van der Waals surface area contributed by atoms with Gasteiger partial charge in [0.1, 0.15) is 5.75 Å². The molecule has 0 heterocycles. The van der Waals surface area contributed by atoms with Gasteiger partial charge in [-0.3, -0.25) is 4.79 Å². The summed E-state index contributed by atoms with van der Waals surface area (Å²) in [7, 11) is 0. The second-order valence-corrected chi connectivity index (χ2v) is 6.37. The van der Waals surface area contributed by atoms with Gasteiger partial charge >= 0.3 is 5.97 Å². The van der Waals surface area contributed by atoms with Crippen molar-refractivity contribution < 1.29 is 23.4 Å². The molecule has 0 unspecified atom stereocenters. The Balaban J connectivity index is 1.99. The average molecular weight is 326 g/mol. The van der Waals surface area contributed by atoms with Crippen LogP contribution in [0.1, 0.15) is 56.9 Å². The van der Waals surface area contributed by atoms with Gasteiger partial charge in [0.15, 0.2) is 0 Å². The molecule has 2 rings (SSSR count). The third kappa shape index (κ3) is 4.43. The molecule has 1 N–H and O–H groups in total. The van der Waals surface area contributed by atoms with Gasteiger partial charge in [0.2, 0.25) is 6.43 Å². The summed E-state index contributed by atoms with van der Waals surface area (Å²) in [6, 6.07) is 7.83. The van der Waals surface area contributed by atoms with E-state index in [0.29, 0.717) is 32.3 Å². The molecule has 0 amide bonds. The van der Waals surface area contributed by atoms with E-state index in [4.69, 9.17) is 4.74 Å². The summed E-state index contributed by atoms with van der Waals surface area (Å²) >= 11 is 0. The monoisotopic (exact) mass is 326 g/mol. The first-order valence-corrected chi connectivity index (χ1v) is 8.21. The predicted octanol–water partition coefficient (Wildman–Crippen LogP) is 4.86. The summed E-state index contributed by atoms with van der Waals surface area (Å²) in [5.74, 6) is -0.0241. The first-order chi connectivity index (χ1) is 11.0. The van der Waals surface area contributed by atoms with Crippen LogP contribution in [0.15, 0.2) is 24.3 Å². The quantitative estimate of drug-likeness (QED) is 0.778. The lowest BCUT2D eigenvalue weighted by Gasteiger charge is -2.36. The molecule has 0 aliphatic heterocycles. The van der Waals surface area contributed by atoms with Gasteiger partial charge in [-0.2, -0.15) is 0 Å². The van der Waals surface area contributed by atoms with Crippen LogP contribution < -0.4 is 4.74 Å². The molecule has 0 spiro atoms. The van der Waals surface area contributed by atoms with E-state index in [1.807, 2.05) is 31.2 Å². The van der Waals surface area contributed by atoms with Crippen LogP contribution in [0.25, 0.3) is 0 Å². The van der Waals surface area contributed by atoms with Crippen molar-refractivity contribution in [3.8, 4) is 5.75 Å². The highest BCUT2D eigenvalue weighted by molar-refractivity contribution is 5.74. The van der Waals surface area contributed by atoms with E-state index in [2.05, 4.69) is 0 Å². The van der Waals surface area contributed by atoms with Crippen LogP contribution in [-0.4, -0.2) is 24.1 Å². The van der Waals surface area contributed by atoms with Gasteiger partial charge in [-0.15, -0.1) is 0 Å². The fraction of sp³-hybridized carbons (Fsp3) is 0.611. The lowest BCUT2D eigenvalue weighted by molar-refractivity contribution is -0.154. The van der Waals surface area contributed by atoms with E-state index in [1.165, 1.54) is 0 Å². The number of carbonyl (C=O) groups is 1. The van der Waals surface area contributed by atoms with Crippen molar-refractivity contribution in [3.63, 3.8) is 0 Å². The van der Waals surface area contributed by atoms with E-state index < -0.39 is 24.2 Å². The molecule has 0 radical (unpaired) electrons. The van der Waals surface area contributed by atoms with Gasteiger partial charge < -0.3 is 9.84 Å². The third-order valence-corrected chi connectivity index (χ3v) is 4.77. The molecule has 0 bridgehead atoms. The van der Waals surface area contributed by atoms with Gasteiger partial charge in [0.05, 0.1) is 12.0 Å². The zero-order chi connectivity index (χ0) is 16.9. The number of ether oxygens (including phenoxy) is 1. The first kappa shape index (κ1) is 17.7. The molecule has 23 heavy (non-hydrogen) atoms. The Morgan fingerprint density at radius 1 is 1.30 bits per heavy atom. The van der Waals surface area contributed by atoms with Gasteiger partial charge in [0.25, 0.3) is 0 Å². The van der Waals surface area contributed by atoms with Crippen molar-refractivity contribution in [2.45, 2.75) is 57.8 Å². The number of hydrogen-bond acceptors (Lipinski definition) is 2. The lowest BCUT2D eigenvalue weighted by atomic mass is 9.67. The molecular weight excluding hydrogens is 302 g/mol. The molecule has 1 aliphatic rings. The summed E-state index contributed by atoms with van der Waals surface area (Å²) in [4.78, 5) is 11.5. The van der Waals surface area contributed by atoms with Gasteiger partial charge in [-0.05, 0) is 55.7 Å². The van der Waals surface area contributed by atoms with Crippen LogP contribution in [0.3, 0.4) is 0 Å². The molecule has 128 valence electrons. The summed E-state index contributed by atoms with van der Waals surface area (Å²) in [5.41, 5.74) is -0.126. The predicted molar refractivity (Wildman–Crippen MR) is 84.1 cm³/mol. The molecule has 1 aromatic carbocycles. The molecule has 0 saturated heterocycles. The summed E-state index contributed by atoms with van der Waals surface area (Å²) in [6.45, 7) is 2.72. The van der Waals surface area contributed by atoms with E-state index in [1.54, 1.807) is 0 Å². The van der Waals surface area contributed by atoms with Crippen molar-refractivity contribution in [1.29, 1.82) is 0 Å². The SMILES string of the molecule is CCCOc1ccc(C2CCC(CC(F)F)(C(=O)O)CC2)cc1. The Kier molecular flexibility index (Phi) is 5.97. The smallest absolute Gasteiger partial charge is 0.309 e. The van der Waals surface area contributed by atoms with Crippen LogP contribution in [0.5, 0.6) is 5.75 Å². The van der Waals surface area contributed by atoms with E-state index >= 15 is 0 Å². The Morgan fingerprint density at radius 2 is 1.91 bits per heavy atom. The van der Waals surface area contributed by atoms with Gasteiger partial charge in [-0.25, -0.2) is 8.78 Å². The molecule has 0 atom stereocenters. The fourth-order valence-electron chi connectivity index (χ4n) is 3.36. The zero-order valence-electron chi connectivity index (χ0n) is 13.4. The van der Waals surface area contributed by atoms with Crippen LogP contribution in [0.4, 0.5) is 8.78 Å². The number of halogens is 2. The molecule has 1 aromatic rings. The van der Waals surface area contributed by atoms with Crippen molar-refractivity contribution in [2.75, 3.05) is 6.61 Å². The fourth-order valence-corrected chi connectivity index (χ4v) is 3.36. The normalized spacial score (nSPS) is 24.6. The number of carboxylic acid groups (broad SMARTS) is 1. The lowest BCUT2D eigenvalue weighted by Crippen LogP contribution is -2.36.